The third kappa shape index (κ3) is 6.96. The Kier molecular flexibility index (Phi) is 9.74. The van der Waals surface area contributed by atoms with Gasteiger partial charge < -0.3 is 25.2 Å². The van der Waals surface area contributed by atoms with Crippen LogP contribution >= 0.6 is 0 Å². The van der Waals surface area contributed by atoms with Crippen molar-refractivity contribution >= 4 is 6.21 Å². The van der Waals surface area contributed by atoms with Crippen LogP contribution in [0, 0.1) is 9.93 Å². The minimum atomic E-state index is 0.172. The summed E-state index contributed by atoms with van der Waals surface area (Å²) in [4.78, 5) is 18.4. The second-order valence-electron chi connectivity index (χ2n) is 10.8. The molecule has 5 aromatic carbocycles. The third-order valence-corrected chi connectivity index (χ3v) is 7.95. The molecule has 8 heteroatoms. The summed E-state index contributed by atoms with van der Waals surface area (Å²) in [5.74, 6) is 1.45. The predicted molar refractivity (Wildman–Crippen MR) is 175 cm³/mol. The molecule has 45 heavy (non-hydrogen) atoms. The second kappa shape index (κ2) is 14.2. The van der Waals surface area contributed by atoms with Crippen LogP contribution in [0.15, 0.2) is 102 Å². The first kappa shape index (κ1) is 30.8. The van der Waals surface area contributed by atoms with Crippen molar-refractivity contribution in [3.05, 3.63) is 157 Å². The molecule has 0 atom stereocenters. The van der Waals surface area contributed by atoms with E-state index in [2.05, 4.69) is 4.99 Å². The fourth-order valence-electron chi connectivity index (χ4n) is 5.67. The Hall–Kier alpha value is -5.63. The lowest BCUT2D eigenvalue weighted by Crippen LogP contribution is -2.08. The summed E-state index contributed by atoms with van der Waals surface area (Å²) in [5, 5.41) is 43.8. The SMILES string of the molecule is O=O.Oc1ccccc1C=NCCOc1c2cccc1Cc1cccc(c1O)Cc1cccc(c1O)Cc1cccc(c1O)C2. The number of para-hydroxylation sites is 5. The molecule has 0 saturated heterocycles. The summed E-state index contributed by atoms with van der Waals surface area (Å²) >= 11 is 0. The van der Waals surface area contributed by atoms with E-state index in [0.717, 1.165) is 33.4 Å². The molecule has 6 rings (SSSR count). The van der Waals surface area contributed by atoms with E-state index in [1.165, 1.54) is 0 Å². The lowest BCUT2D eigenvalue weighted by atomic mass is 9.91. The van der Waals surface area contributed by atoms with E-state index in [4.69, 9.17) is 14.7 Å². The number of hydrogen-bond donors (Lipinski definition) is 4. The number of ether oxygens (including phenoxy) is 1. The van der Waals surface area contributed by atoms with Crippen molar-refractivity contribution in [2.75, 3.05) is 13.2 Å². The molecular weight excluding hydrogens is 570 g/mol. The van der Waals surface area contributed by atoms with Crippen molar-refractivity contribution in [3.8, 4) is 28.7 Å². The molecule has 0 radical (unpaired) electrons. The van der Waals surface area contributed by atoms with Crippen molar-refractivity contribution in [1.29, 1.82) is 0 Å². The van der Waals surface area contributed by atoms with Gasteiger partial charge in [0.05, 0.1) is 6.54 Å². The van der Waals surface area contributed by atoms with Gasteiger partial charge in [0.1, 0.15) is 35.4 Å². The zero-order valence-electron chi connectivity index (χ0n) is 24.5. The van der Waals surface area contributed by atoms with Gasteiger partial charge in [0.15, 0.2) is 0 Å². The number of hydrogen-bond acceptors (Lipinski definition) is 8. The number of fused-ring (bicyclic) bond motifs is 8. The van der Waals surface area contributed by atoms with Crippen LogP contribution in [0.1, 0.15) is 50.1 Å². The number of benzene rings is 5. The largest absolute Gasteiger partial charge is 0.507 e. The van der Waals surface area contributed by atoms with E-state index < -0.39 is 0 Å². The minimum Gasteiger partial charge on any atom is -0.507 e. The van der Waals surface area contributed by atoms with Gasteiger partial charge in [-0.2, -0.15) is 0 Å². The zero-order chi connectivity index (χ0) is 31.8. The number of aromatic hydroxyl groups is 4. The Balaban J connectivity index is 0.00000196. The van der Waals surface area contributed by atoms with Gasteiger partial charge in [-0.25, -0.2) is 0 Å². The van der Waals surface area contributed by atoms with Gasteiger partial charge in [-0.05, 0) is 56.6 Å². The van der Waals surface area contributed by atoms with Crippen LogP contribution in [-0.4, -0.2) is 39.8 Å². The first-order valence-corrected chi connectivity index (χ1v) is 14.5. The molecule has 0 aliphatic heterocycles. The normalized spacial score (nSPS) is 12.3. The molecule has 0 unspecified atom stereocenters. The molecule has 0 amide bonds. The molecule has 0 spiro atoms. The number of phenolic OH excluding ortho intramolecular Hbond substituents is 4. The highest BCUT2D eigenvalue weighted by molar-refractivity contribution is 5.83. The topological polar surface area (TPSA) is 137 Å². The quantitative estimate of drug-likeness (QED) is 0.126. The Morgan fingerprint density at radius 2 is 0.911 bits per heavy atom. The molecule has 8 bridgehead atoms. The predicted octanol–water partition coefficient (Wildman–Crippen LogP) is 6.75. The summed E-state index contributed by atoms with van der Waals surface area (Å²) in [6.45, 7) is 0.685. The van der Waals surface area contributed by atoms with E-state index in [1.807, 2.05) is 78.9 Å². The van der Waals surface area contributed by atoms with Gasteiger partial charge in [0.25, 0.3) is 0 Å². The van der Waals surface area contributed by atoms with Crippen LogP contribution in [0.5, 0.6) is 28.7 Å². The first-order chi connectivity index (χ1) is 22.0. The summed E-state index contributed by atoms with van der Waals surface area (Å²) in [5.41, 5.74) is 6.82. The molecule has 8 nitrogen and oxygen atoms in total. The maximum absolute atomic E-state index is 11.3. The Morgan fingerprint density at radius 1 is 0.533 bits per heavy atom. The van der Waals surface area contributed by atoms with Crippen molar-refractivity contribution in [3.63, 3.8) is 0 Å². The van der Waals surface area contributed by atoms with E-state index in [0.29, 0.717) is 61.3 Å². The Bertz CT molecular complexity index is 1740. The molecular formula is C37H33NO7. The summed E-state index contributed by atoms with van der Waals surface area (Å²) in [7, 11) is 0. The maximum atomic E-state index is 11.3. The summed E-state index contributed by atoms with van der Waals surface area (Å²) in [6.07, 6.45) is 3.23. The molecule has 228 valence electrons. The average molecular weight is 604 g/mol. The number of nitrogens with zero attached hydrogens (tertiary/aromatic N) is 1. The molecule has 0 heterocycles. The van der Waals surface area contributed by atoms with Gasteiger partial charge in [-0.1, -0.05) is 84.9 Å². The van der Waals surface area contributed by atoms with Gasteiger partial charge in [-0.3, -0.25) is 4.99 Å². The number of aliphatic imine (C=N–C) groups is 1. The highest BCUT2D eigenvalue weighted by atomic mass is 16.7. The minimum absolute atomic E-state index is 0.172. The average Bonchev–Trinajstić information content (AvgIpc) is 3.05. The van der Waals surface area contributed by atoms with Crippen LogP contribution in [0.25, 0.3) is 0 Å². The lowest BCUT2D eigenvalue weighted by Gasteiger charge is -2.19. The highest BCUT2D eigenvalue weighted by Crippen LogP contribution is 2.37. The summed E-state index contributed by atoms with van der Waals surface area (Å²) < 4.78 is 6.38. The maximum Gasteiger partial charge on any atom is 0.126 e. The van der Waals surface area contributed by atoms with Gasteiger partial charge in [-0.15, -0.1) is 0 Å². The van der Waals surface area contributed by atoms with Crippen molar-refractivity contribution in [1.82, 2.24) is 0 Å². The van der Waals surface area contributed by atoms with Crippen LogP contribution in [0.4, 0.5) is 0 Å². The van der Waals surface area contributed by atoms with Gasteiger partial charge in [0.2, 0.25) is 0 Å². The monoisotopic (exact) mass is 603 g/mol. The Morgan fingerprint density at radius 3 is 1.33 bits per heavy atom. The Labute approximate surface area is 260 Å². The lowest BCUT2D eigenvalue weighted by molar-refractivity contribution is 0.323. The molecule has 0 saturated carbocycles. The zero-order valence-corrected chi connectivity index (χ0v) is 24.5. The van der Waals surface area contributed by atoms with Crippen LogP contribution in [-0.2, 0) is 25.7 Å². The third-order valence-electron chi connectivity index (χ3n) is 7.95. The molecule has 1 aliphatic carbocycles. The molecule has 0 aromatic heterocycles. The number of rotatable bonds is 5. The summed E-state index contributed by atoms with van der Waals surface area (Å²) in [6, 6.07) is 30.0. The van der Waals surface area contributed by atoms with E-state index >= 15 is 0 Å². The fourth-order valence-corrected chi connectivity index (χ4v) is 5.67. The van der Waals surface area contributed by atoms with Gasteiger partial charge >= 0.3 is 0 Å². The molecule has 5 aromatic rings. The fraction of sp³-hybridized carbons (Fsp3) is 0.162. The molecule has 0 fully saturated rings. The van der Waals surface area contributed by atoms with Crippen LogP contribution in [0.3, 0.4) is 0 Å². The van der Waals surface area contributed by atoms with E-state index in [1.54, 1.807) is 24.4 Å². The first-order valence-electron chi connectivity index (χ1n) is 14.5. The smallest absolute Gasteiger partial charge is 0.126 e. The van der Waals surface area contributed by atoms with Crippen molar-refractivity contribution < 1.29 is 25.2 Å². The highest BCUT2D eigenvalue weighted by Gasteiger charge is 2.19. The standard InChI is InChI=1S/C37H33NO5.O2/c39-33-16-2-1-7-32(33)23-38-17-18-43-37-30-14-6-15-31(37)22-29-13-5-11-27(36(29)42)20-25-9-3-8-24(34(25)40)19-26-10-4-12-28(21-30)35(26)41;1-2/h1-16,23,39-42H,17-22H2;. The van der Waals surface area contributed by atoms with Crippen LogP contribution in [0.2, 0.25) is 0 Å². The van der Waals surface area contributed by atoms with Crippen molar-refractivity contribution in [2.24, 2.45) is 4.99 Å². The molecule has 1 aliphatic rings. The van der Waals surface area contributed by atoms with Crippen molar-refractivity contribution in [2.45, 2.75) is 25.7 Å². The van der Waals surface area contributed by atoms with E-state index in [-0.39, 0.29) is 23.0 Å². The van der Waals surface area contributed by atoms with Gasteiger partial charge in [0, 0.05) is 47.4 Å². The molecule has 4 N–H and O–H groups in total. The van der Waals surface area contributed by atoms with Crippen LogP contribution < -0.4 is 4.74 Å². The number of phenols is 4. The van der Waals surface area contributed by atoms with E-state index in [9.17, 15) is 20.4 Å². The second-order valence-corrected chi connectivity index (χ2v) is 10.8.